The molecule has 0 spiro atoms. The van der Waals surface area contributed by atoms with Crippen LogP contribution in [0.15, 0.2) is 36.4 Å². The number of anilines is 1. The van der Waals surface area contributed by atoms with Crippen LogP contribution in [0.4, 0.5) is 5.69 Å². The standard InChI is InChI=1S/C20H27ClN2O2/c1-5-24-19-7-6-8-20(25-12-11-23(3)4)17(19)14-22-16-9-10-18(21)15(2)13-16/h6-10,13,22H,5,11-12,14H2,1-4H3. The smallest absolute Gasteiger partial charge is 0.128 e. The number of nitrogens with one attached hydrogen (secondary N) is 1. The molecule has 0 heterocycles. The van der Waals surface area contributed by atoms with Gasteiger partial charge in [0, 0.05) is 23.8 Å². The summed E-state index contributed by atoms with van der Waals surface area (Å²) in [6.07, 6.45) is 0. The van der Waals surface area contributed by atoms with E-state index in [2.05, 4.69) is 10.2 Å². The molecule has 25 heavy (non-hydrogen) atoms. The predicted molar refractivity (Wildman–Crippen MR) is 105 cm³/mol. The maximum absolute atomic E-state index is 6.10. The summed E-state index contributed by atoms with van der Waals surface area (Å²) in [5.74, 6) is 1.70. The van der Waals surface area contributed by atoms with Crippen LogP contribution in [0.5, 0.6) is 11.5 Å². The van der Waals surface area contributed by atoms with Crippen molar-refractivity contribution in [2.45, 2.75) is 20.4 Å². The molecular weight excluding hydrogens is 336 g/mol. The van der Waals surface area contributed by atoms with E-state index in [0.717, 1.165) is 39.9 Å². The lowest BCUT2D eigenvalue weighted by Crippen LogP contribution is -2.20. The molecule has 0 aliphatic carbocycles. The van der Waals surface area contributed by atoms with Crippen LogP contribution in [0.3, 0.4) is 0 Å². The third-order valence-corrected chi connectivity index (χ3v) is 4.24. The number of rotatable bonds is 9. The van der Waals surface area contributed by atoms with Crippen molar-refractivity contribution in [2.24, 2.45) is 0 Å². The highest BCUT2D eigenvalue weighted by Gasteiger charge is 2.11. The lowest BCUT2D eigenvalue weighted by atomic mass is 10.1. The Kier molecular flexibility index (Phi) is 7.41. The molecule has 0 amide bonds. The number of halogens is 1. The average molecular weight is 363 g/mol. The molecule has 0 bridgehead atoms. The average Bonchev–Trinajstić information content (AvgIpc) is 2.57. The number of benzene rings is 2. The van der Waals surface area contributed by atoms with Crippen molar-refractivity contribution in [1.82, 2.24) is 4.90 Å². The number of aryl methyl sites for hydroxylation is 1. The molecule has 0 saturated heterocycles. The van der Waals surface area contributed by atoms with Crippen molar-refractivity contribution in [2.75, 3.05) is 39.2 Å². The van der Waals surface area contributed by atoms with Gasteiger partial charge in [-0.05, 0) is 63.8 Å². The normalized spacial score (nSPS) is 10.8. The predicted octanol–water partition coefficient (Wildman–Crippen LogP) is 4.60. The zero-order valence-electron chi connectivity index (χ0n) is 15.4. The molecule has 136 valence electrons. The van der Waals surface area contributed by atoms with Gasteiger partial charge >= 0.3 is 0 Å². The molecular formula is C20H27ClN2O2. The highest BCUT2D eigenvalue weighted by molar-refractivity contribution is 6.31. The van der Waals surface area contributed by atoms with Gasteiger partial charge in [-0.25, -0.2) is 0 Å². The maximum Gasteiger partial charge on any atom is 0.128 e. The molecule has 4 nitrogen and oxygen atoms in total. The fraction of sp³-hybridized carbons (Fsp3) is 0.400. The SMILES string of the molecule is CCOc1cccc(OCCN(C)C)c1CNc1ccc(Cl)c(C)c1. The Morgan fingerprint density at radius 3 is 2.44 bits per heavy atom. The van der Waals surface area contributed by atoms with E-state index >= 15 is 0 Å². The topological polar surface area (TPSA) is 33.7 Å². The zero-order chi connectivity index (χ0) is 18.2. The van der Waals surface area contributed by atoms with Gasteiger partial charge in [0.2, 0.25) is 0 Å². The van der Waals surface area contributed by atoms with E-state index in [-0.39, 0.29) is 0 Å². The summed E-state index contributed by atoms with van der Waals surface area (Å²) >= 11 is 6.10. The monoisotopic (exact) mass is 362 g/mol. The second-order valence-corrected chi connectivity index (χ2v) is 6.54. The molecule has 1 N–H and O–H groups in total. The van der Waals surface area contributed by atoms with Crippen molar-refractivity contribution >= 4 is 17.3 Å². The summed E-state index contributed by atoms with van der Waals surface area (Å²) in [4.78, 5) is 2.10. The second kappa shape index (κ2) is 9.54. The van der Waals surface area contributed by atoms with E-state index in [1.807, 2.05) is 64.3 Å². The molecule has 5 heteroatoms. The Labute approximate surface area is 155 Å². The third kappa shape index (κ3) is 5.83. The zero-order valence-corrected chi connectivity index (χ0v) is 16.2. The molecule has 0 radical (unpaired) electrons. The van der Waals surface area contributed by atoms with Crippen LogP contribution in [-0.4, -0.2) is 38.8 Å². The van der Waals surface area contributed by atoms with Crippen LogP contribution in [0.2, 0.25) is 5.02 Å². The first-order chi connectivity index (χ1) is 12.0. The Morgan fingerprint density at radius 2 is 1.80 bits per heavy atom. The Balaban J connectivity index is 2.15. The summed E-state index contributed by atoms with van der Waals surface area (Å²) in [6.45, 7) is 6.72. The fourth-order valence-electron chi connectivity index (χ4n) is 2.43. The van der Waals surface area contributed by atoms with E-state index in [1.54, 1.807) is 0 Å². The van der Waals surface area contributed by atoms with Crippen molar-refractivity contribution in [3.8, 4) is 11.5 Å². The number of hydrogen-bond acceptors (Lipinski definition) is 4. The number of likely N-dealkylation sites (N-methyl/N-ethyl adjacent to an activating group) is 1. The quantitative estimate of drug-likeness (QED) is 0.706. The van der Waals surface area contributed by atoms with Gasteiger partial charge in [-0.1, -0.05) is 17.7 Å². The Hall–Kier alpha value is -1.91. The first-order valence-corrected chi connectivity index (χ1v) is 8.91. The van der Waals surface area contributed by atoms with E-state index in [9.17, 15) is 0 Å². The molecule has 2 aromatic carbocycles. The molecule has 0 saturated carbocycles. The molecule has 0 aliphatic heterocycles. The molecule has 2 aromatic rings. The molecule has 2 rings (SSSR count). The van der Waals surface area contributed by atoms with Crippen LogP contribution in [0.1, 0.15) is 18.1 Å². The molecule has 0 aromatic heterocycles. The molecule has 0 fully saturated rings. The van der Waals surface area contributed by atoms with E-state index in [1.165, 1.54) is 0 Å². The minimum Gasteiger partial charge on any atom is -0.493 e. The maximum atomic E-state index is 6.10. The fourth-order valence-corrected chi connectivity index (χ4v) is 2.55. The van der Waals surface area contributed by atoms with Gasteiger partial charge in [-0.3, -0.25) is 0 Å². The van der Waals surface area contributed by atoms with Crippen molar-refractivity contribution in [3.05, 3.63) is 52.5 Å². The van der Waals surface area contributed by atoms with Crippen molar-refractivity contribution < 1.29 is 9.47 Å². The third-order valence-electron chi connectivity index (χ3n) is 3.81. The largest absolute Gasteiger partial charge is 0.493 e. The van der Waals surface area contributed by atoms with Gasteiger partial charge in [0.1, 0.15) is 18.1 Å². The summed E-state index contributed by atoms with van der Waals surface area (Å²) in [5.41, 5.74) is 3.09. The Morgan fingerprint density at radius 1 is 1.08 bits per heavy atom. The van der Waals surface area contributed by atoms with E-state index in [0.29, 0.717) is 19.8 Å². The Bertz CT molecular complexity index is 689. The lowest BCUT2D eigenvalue weighted by molar-refractivity contribution is 0.257. The minimum absolute atomic E-state index is 0.619. The first-order valence-electron chi connectivity index (χ1n) is 8.53. The summed E-state index contributed by atoms with van der Waals surface area (Å²) in [6, 6.07) is 11.9. The summed E-state index contributed by atoms with van der Waals surface area (Å²) < 4.78 is 11.8. The van der Waals surface area contributed by atoms with Crippen LogP contribution in [0.25, 0.3) is 0 Å². The molecule has 0 atom stereocenters. The van der Waals surface area contributed by atoms with Crippen molar-refractivity contribution in [3.63, 3.8) is 0 Å². The van der Waals surface area contributed by atoms with Crippen LogP contribution >= 0.6 is 11.6 Å². The van der Waals surface area contributed by atoms with Gasteiger partial charge in [0.15, 0.2) is 0 Å². The molecule has 0 aliphatic rings. The van der Waals surface area contributed by atoms with Crippen LogP contribution in [-0.2, 0) is 6.54 Å². The van der Waals surface area contributed by atoms with E-state index < -0.39 is 0 Å². The second-order valence-electron chi connectivity index (χ2n) is 6.14. The lowest BCUT2D eigenvalue weighted by Gasteiger charge is -2.18. The van der Waals surface area contributed by atoms with Gasteiger partial charge in [-0.15, -0.1) is 0 Å². The number of ether oxygens (including phenoxy) is 2. The highest BCUT2D eigenvalue weighted by Crippen LogP contribution is 2.30. The first kappa shape index (κ1) is 19.4. The van der Waals surface area contributed by atoms with Gasteiger partial charge in [0.05, 0.1) is 12.2 Å². The summed E-state index contributed by atoms with van der Waals surface area (Å²) in [5, 5.41) is 4.21. The van der Waals surface area contributed by atoms with Gasteiger partial charge in [-0.2, -0.15) is 0 Å². The van der Waals surface area contributed by atoms with Crippen molar-refractivity contribution in [1.29, 1.82) is 0 Å². The van der Waals surface area contributed by atoms with Gasteiger partial charge in [0.25, 0.3) is 0 Å². The summed E-state index contributed by atoms with van der Waals surface area (Å²) in [7, 11) is 4.07. The van der Waals surface area contributed by atoms with Crippen LogP contribution in [0, 0.1) is 6.92 Å². The number of hydrogen-bond donors (Lipinski definition) is 1. The van der Waals surface area contributed by atoms with E-state index in [4.69, 9.17) is 21.1 Å². The number of nitrogens with zero attached hydrogens (tertiary/aromatic N) is 1. The van der Waals surface area contributed by atoms with Gasteiger partial charge < -0.3 is 19.7 Å². The molecule has 0 unspecified atom stereocenters. The van der Waals surface area contributed by atoms with Crippen LogP contribution < -0.4 is 14.8 Å². The highest BCUT2D eigenvalue weighted by atomic mass is 35.5. The minimum atomic E-state index is 0.619.